The second-order valence-electron chi connectivity index (χ2n) is 11.7. The number of carboxylic acids is 1. The summed E-state index contributed by atoms with van der Waals surface area (Å²) >= 11 is 0. The minimum Gasteiger partial charge on any atom is -0.479 e. The van der Waals surface area contributed by atoms with Crippen LogP contribution in [0.5, 0.6) is 0 Å². The van der Waals surface area contributed by atoms with Crippen molar-refractivity contribution in [3.05, 3.63) is 76.5 Å². The molecule has 0 amide bonds. The molecule has 1 aromatic heterocycles. The fourth-order valence-corrected chi connectivity index (χ4v) is 5.63. The number of carboxylic acid groups (broad SMARTS) is 1. The average Bonchev–Trinajstić information content (AvgIpc) is 2.86. The van der Waals surface area contributed by atoms with Crippen molar-refractivity contribution in [2.75, 3.05) is 13.7 Å². The summed E-state index contributed by atoms with van der Waals surface area (Å²) in [6.45, 7) is 8.39. The van der Waals surface area contributed by atoms with E-state index < -0.39 is 94.8 Å². The molecule has 3 aromatic rings. The molecular weight excluding hydrogens is 625 g/mol. The highest BCUT2D eigenvalue weighted by Crippen LogP contribution is 2.48. The normalized spacial score (nSPS) is 15.7. The number of hydrogen-bond acceptors (Lipinski definition) is 4. The van der Waals surface area contributed by atoms with Crippen molar-refractivity contribution >= 4 is 25.2 Å². The van der Waals surface area contributed by atoms with E-state index >= 15 is 0 Å². The molecule has 2 atom stereocenters. The van der Waals surface area contributed by atoms with E-state index in [-0.39, 0.29) is 0 Å². The standard InChI is InChI=1S/C29H30F9NO4Si/c1-25(2,3)44(5,6)43-15-19(16-10-7-8-12-20(16)26(42-4,24(40)41)29(36,37)38)18-14-22(28(33,34)35)39-23-17(18)11-9-13-21(23)27(30,31)32/h7-14,19H,15H2,1-6H3,(H,40,41)/t19-,26+/m0/s1. The molecule has 0 bridgehead atoms. The maximum Gasteiger partial charge on any atom is 0.433 e. The molecule has 0 fully saturated rings. The van der Waals surface area contributed by atoms with Crippen LogP contribution in [0.2, 0.25) is 18.1 Å². The van der Waals surface area contributed by atoms with Gasteiger partial charge in [-0.3, -0.25) is 0 Å². The van der Waals surface area contributed by atoms with Gasteiger partial charge >= 0.3 is 24.5 Å². The quantitative estimate of drug-likeness (QED) is 0.194. The molecule has 0 spiro atoms. The van der Waals surface area contributed by atoms with Crippen LogP contribution in [-0.4, -0.2) is 44.3 Å². The monoisotopic (exact) mass is 655 g/mol. The van der Waals surface area contributed by atoms with Crippen molar-refractivity contribution in [1.29, 1.82) is 0 Å². The summed E-state index contributed by atoms with van der Waals surface area (Å²) in [5, 5.41) is 8.92. The number of aromatic nitrogens is 1. The maximum atomic E-state index is 14.5. The molecule has 44 heavy (non-hydrogen) atoms. The van der Waals surface area contributed by atoms with E-state index in [2.05, 4.69) is 9.72 Å². The van der Waals surface area contributed by atoms with Crippen LogP contribution in [0.3, 0.4) is 0 Å². The van der Waals surface area contributed by atoms with Gasteiger partial charge in [0.2, 0.25) is 0 Å². The van der Waals surface area contributed by atoms with Crippen LogP contribution in [-0.2, 0) is 31.9 Å². The van der Waals surface area contributed by atoms with E-state index in [1.54, 1.807) is 13.1 Å². The Morgan fingerprint density at radius 1 is 0.864 bits per heavy atom. The predicted molar refractivity (Wildman–Crippen MR) is 146 cm³/mol. The van der Waals surface area contributed by atoms with Gasteiger partial charge in [0.1, 0.15) is 5.69 Å². The van der Waals surface area contributed by atoms with Gasteiger partial charge in [0.05, 0.1) is 11.1 Å². The van der Waals surface area contributed by atoms with Gasteiger partial charge in [0.15, 0.2) is 8.32 Å². The van der Waals surface area contributed by atoms with Crippen molar-refractivity contribution in [2.45, 2.75) is 69.0 Å². The van der Waals surface area contributed by atoms with Gasteiger partial charge < -0.3 is 14.3 Å². The Morgan fingerprint density at radius 2 is 1.43 bits per heavy atom. The van der Waals surface area contributed by atoms with E-state index in [0.717, 1.165) is 30.3 Å². The SMILES string of the molecule is CO[C@@](C(=O)O)(c1ccccc1[C@H](CO[Si](C)(C)C(C)(C)C)c1cc(C(F)(F)F)nc2c(C(F)(F)F)cccc12)C(F)(F)F. The highest BCUT2D eigenvalue weighted by molar-refractivity contribution is 6.74. The van der Waals surface area contributed by atoms with Gasteiger partial charge in [-0.05, 0) is 41.4 Å². The van der Waals surface area contributed by atoms with Crippen LogP contribution in [0.4, 0.5) is 39.5 Å². The Labute approximate surface area is 248 Å². The van der Waals surface area contributed by atoms with Crippen LogP contribution in [0.1, 0.15) is 54.6 Å². The van der Waals surface area contributed by atoms with Crippen molar-refractivity contribution in [2.24, 2.45) is 0 Å². The molecule has 0 unspecified atom stereocenters. The number of hydrogen-bond donors (Lipinski definition) is 1. The number of ether oxygens (including phenoxy) is 1. The zero-order valence-corrected chi connectivity index (χ0v) is 25.4. The lowest BCUT2D eigenvalue weighted by atomic mass is 9.80. The van der Waals surface area contributed by atoms with Gasteiger partial charge in [-0.2, -0.15) is 39.5 Å². The first-order valence-corrected chi connectivity index (χ1v) is 16.0. The second kappa shape index (κ2) is 11.6. The highest BCUT2D eigenvalue weighted by atomic mass is 28.4. The topological polar surface area (TPSA) is 68.7 Å². The lowest BCUT2D eigenvalue weighted by molar-refractivity contribution is -0.274. The second-order valence-corrected chi connectivity index (χ2v) is 16.5. The molecule has 3 rings (SSSR count). The largest absolute Gasteiger partial charge is 0.479 e. The van der Waals surface area contributed by atoms with Crippen molar-refractivity contribution in [3.8, 4) is 0 Å². The van der Waals surface area contributed by atoms with Gasteiger partial charge in [0, 0.05) is 30.6 Å². The maximum absolute atomic E-state index is 14.5. The smallest absolute Gasteiger partial charge is 0.433 e. The average molecular weight is 656 g/mol. The Hall–Kier alpha value is -3.17. The number of rotatable bonds is 8. The first-order chi connectivity index (χ1) is 19.9. The van der Waals surface area contributed by atoms with Crippen molar-refractivity contribution < 1.29 is 58.6 Å². The number of benzene rings is 2. The van der Waals surface area contributed by atoms with Gasteiger partial charge in [-0.15, -0.1) is 0 Å². The number of carbonyl (C=O) groups is 1. The number of methoxy groups -OCH3 is 1. The first-order valence-electron chi connectivity index (χ1n) is 13.1. The van der Waals surface area contributed by atoms with Crippen LogP contribution < -0.4 is 0 Å². The molecule has 0 aliphatic heterocycles. The molecule has 0 saturated carbocycles. The third-order valence-corrected chi connectivity index (χ3v) is 12.5. The van der Waals surface area contributed by atoms with E-state index in [9.17, 15) is 49.4 Å². The van der Waals surface area contributed by atoms with Crippen LogP contribution >= 0.6 is 0 Å². The zero-order valence-electron chi connectivity index (χ0n) is 24.4. The minimum atomic E-state index is -5.57. The molecule has 15 heteroatoms. The van der Waals surface area contributed by atoms with Crippen LogP contribution in [0.15, 0.2) is 48.5 Å². The summed E-state index contributed by atoms with van der Waals surface area (Å²) in [4.78, 5) is 15.5. The molecule has 0 aliphatic rings. The molecule has 0 radical (unpaired) electrons. The van der Waals surface area contributed by atoms with E-state index in [1.807, 2.05) is 20.8 Å². The fraction of sp³-hybridized carbons (Fsp3) is 0.448. The molecule has 0 aliphatic carbocycles. The van der Waals surface area contributed by atoms with Gasteiger partial charge in [-0.1, -0.05) is 57.2 Å². The molecule has 1 N–H and O–H groups in total. The summed E-state index contributed by atoms with van der Waals surface area (Å²) < 4.78 is 139. The molecular formula is C29H30F9NO4Si. The third kappa shape index (κ3) is 6.45. The molecule has 2 aromatic carbocycles. The molecule has 242 valence electrons. The Bertz CT molecular complexity index is 1530. The third-order valence-electron chi connectivity index (χ3n) is 7.98. The summed E-state index contributed by atoms with van der Waals surface area (Å²) in [7, 11) is -2.30. The Morgan fingerprint density at radius 3 is 1.91 bits per heavy atom. The number of fused-ring (bicyclic) bond motifs is 1. The van der Waals surface area contributed by atoms with Gasteiger partial charge in [-0.25, -0.2) is 9.78 Å². The highest BCUT2D eigenvalue weighted by Gasteiger charge is 2.64. The predicted octanol–water partition coefficient (Wildman–Crippen LogP) is 8.91. The van der Waals surface area contributed by atoms with Crippen molar-refractivity contribution in [3.63, 3.8) is 0 Å². The summed E-state index contributed by atoms with van der Waals surface area (Å²) in [6, 6.07) is 7.18. The minimum absolute atomic E-state index is 0.434. The summed E-state index contributed by atoms with van der Waals surface area (Å²) in [5.74, 6) is -4.09. The lowest BCUT2D eigenvalue weighted by Gasteiger charge is -2.38. The number of aliphatic carboxylic acids is 1. The number of para-hydroxylation sites is 1. The molecule has 5 nitrogen and oxygen atoms in total. The molecule has 1 heterocycles. The van der Waals surface area contributed by atoms with Crippen molar-refractivity contribution in [1.82, 2.24) is 4.98 Å². The summed E-state index contributed by atoms with van der Waals surface area (Å²) in [5.41, 5.74) is -10.2. The van der Waals surface area contributed by atoms with Gasteiger partial charge in [0.25, 0.3) is 5.60 Å². The fourth-order valence-electron chi connectivity index (χ4n) is 4.62. The van der Waals surface area contributed by atoms with Crippen LogP contribution in [0.25, 0.3) is 10.9 Å². The number of alkyl halides is 9. The Balaban J connectivity index is 2.54. The summed E-state index contributed by atoms with van der Waals surface area (Å²) in [6.07, 6.45) is -16.0. The molecule has 0 saturated heterocycles. The number of halogens is 9. The lowest BCUT2D eigenvalue weighted by Crippen LogP contribution is -2.51. The van der Waals surface area contributed by atoms with Crippen LogP contribution in [0, 0.1) is 0 Å². The zero-order chi connectivity index (χ0) is 33.7. The number of pyridine rings is 1. The Kier molecular flexibility index (Phi) is 9.34. The first kappa shape index (κ1) is 35.3. The number of nitrogens with zero attached hydrogens (tertiary/aromatic N) is 1. The van der Waals surface area contributed by atoms with E-state index in [1.165, 1.54) is 6.07 Å². The van der Waals surface area contributed by atoms with E-state index in [4.69, 9.17) is 4.43 Å². The van der Waals surface area contributed by atoms with E-state index in [0.29, 0.717) is 19.2 Å².